The number of nitrogens with zero attached hydrogens (tertiary/aromatic N) is 1. The van der Waals surface area contributed by atoms with Gasteiger partial charge in [0, 0.05) is 12.1 Å². The molecule has 1 atom stereocenters. The molecule has 1 saturated heterocycles. The van der Waals surface area contributed by atoms with Gasteiger partial charge in [0.2, 0.25) is 0 Å². The van der Waals surface area contributed by atoms with E-state index in [9.17, 15) is 0 Å². The first-order valence-electron chi connectivity index (χ1n) is 7.90. The van der Waals surface area contributed by atoms with E-state index in [-0.39, 0.29) is 0 Å². The van der Waals surface area contributed by atoms with Crippen LogP contribution in [-0.4, -0.2) is 30.6 Å². The molecule has 0 radical (unpaired) electrons. The average Bonchev–Trinajstić information content (AvgIpc) is 3.31. The van der Waals surface area contributed by atoms with Crippen molar-refractivity contribution < 1.29 is 0 Å². The van der Waals surface area contributed by atoms with E-state index < -0.39 is 0 Å². The molecule has 2 heteroatoms. The summed E-state index contributed by atoms with van der Waals surface area (Å²) in [5.74, 6) is 0.881. The standard InChI is InChI=1S/C17H26N2/c1-2-19-12-10-16(11-13-19)18-17(15-8-9-15)14-6-4-3-5-7-14/h3-7,15-18H,2,8-13H2,1H3. The van der Waals surface area contributed by atoms with Crippen molar-refractivity contribution in [1.82, 2.24) is 10.2 Å². The van der Waals surface area contributed by atoms with Crippen LogP contribution in [0.15, 0.2) is 30.3 Å². The zero-order valence-electron chi connectivity index (χ0n) is 12.0. The largest absolute Gasteiger partial charge is 0.307 e. The lowest BCUT2D eigenvalue weighted by Gasteiger charge is -2.34. The SMILES string of the molecule is CCN1CCC(NC(c2ccccc2)C2CC2)CC1. The number of hydrogen-bond donors (Lipinski definition) is 1. The molecular weight excluding hydrogens is 232 g/mol. The zero-order valence-corrected chi connectivity index (χ0v) is 12.0. The summed E-state index contributed by atoms with van der Waals surface area (Å²) in [6.07, 6.45) is 5.43. The van der Waals surface area contributed by atoms with Crippen LogP contribution in [-0.2, 0) is 0 Å². The molecule has 19 heavy (non-hydrogen) atoms. The summed E-state index contributed by atoms with van der Waals surface area (Å²) in [5.41, 5.74) is 1.49. The molecule has 0 spiro atoms. The van der Waals surface area contributed by atoms with Crippen molar-refractivity contribution >= 4 is 0 Å². The smallest absolute Gasteiger partial charge is 0.0351 e. The lowest BCUT2D eigenvalue weighted by Crippen LogP contribution is -2.44. The van der Waals surface area contributed by atoms with E-state index in [1.165, 1.54) is 50.9 Å². The molecule has 0 bridgehead atoms. The van der Waals surface area contributed by atoms with Gasteiger partial charge < -0.3 is 10.2 Å². The molecule has 1 aromatic rings. The Morgan fingerprint density at radius 3 is 2.37 bits per heavy atom. The van der Waals surface area contributed by atoms with Gasteiger partial charge in [-0.15, -0.1) is 0 Å². The van der Waals surface area contributed by atoms with Gasteiger partial charge in [0.15, 0.2) is 0 Å². The molecule has 2 aliphatic rings. The summed E-state index contributed by atoms with van der Waals surface area (Å²) < 4.78 is 0. The lowest BCUT2D eigenvalue weighted by atomic mass is 9.98. The van der Waals surface area contributed by atoms with Gasteiger partial charge in [-0.3, -0.25) is 0 Å². The highest BCUT2D eigenvalue weighted by atomic mass is 15.1. The van der Waals surface area contributed by atoms with Crippen LogP contribution in [0.25, 0.3) is 0 Å². The molecule has 104 valence electrons. The number of rotatable bonds is 5. The fraction of sp³-hybridized carbons (Fsp3) is 0.647. The molecule has 1 unspecified atom stereocenters. The van der Waals surface area contributed by atoms with Gasteiger partial charge in [-0.2, -0.15) is 0 Å². The maximum Gasteiger partial charge on any atom is 0.0351 e. The predicted octanol–water partition coefficient (Wildman–Crippen LogP) is 3.21. The van der Waals surface area contributed by atoms with Crippen LogP contribution in [0, 0.1) is 5.92 Å². The molecule has 3 rings (SSSR count). The fourth-order valence-corrected chi connectivity index (χ4v) is 3.26. The van der Waals surface area contributed by atoms with Gasteiger partial charge in [0.25, 0.3) is 0 Å². The van der Waals surface area contributed by atoms with Gasteiger partial charge in [0.05, 0.1) is 0 Å². The molecule has 1 aromatic carbocycles. The van der Waals surface area contributed by atoms with Crippen molar-refractivity contribution in [2.75, 3.05) is 19.6 Å². The lowest BCUT2D eigenvalue weighted by molar-refractivity contribution is 0.195. The number of benzene rings is 1. The second kappa shape index (κ2) is 6.06. The first-order valence-corrected chi connectivity index (χ1v) is 7.90. The predicted molar refractivity (Wildman–Crippen MR) is 80.2 cm³/mol. The topological polar surface area (TPSA) is 15.3 Å². The van der Waals surface area contributed by atoms with Crippen LogP contribution in [0.1, 0.15) is 44.2 Å². The van der Waals surface area contributed by atoms with Crippen molar-refractivity contribution in [1.29, 1.82) is 0 Å². The number of likely N-dealkylation sites (tertiary alicyclic amines) is 1. The second-order valence-corrected chi connectivity index (χ2v) is 6.10. The molecule has 2 nitrogen and oxygen atoms in total. The van der Waals surface area contributed by atoms with Crippen LogP contribution in [0.4, 0.5) is 0 Å². The van der Waals surface area contributed by atoms with Crippen molar-refractivity contribution in [2.24, 2.45) is 5.92 Å². The summed E-state index contributed by atoms with van der Waals surface area (Å²) >= 11 is 0. The summed E-state index contributed by atoms with van der Waals surface area (Å²) in [6, 6.07) is 12.4. The Kier molecular flexibility index (Phi) is 4.19. The Morgan fingerprint density at radius 2 is 1.79 bits per heavy atom. The van der Waals surface area contributed by atoms with Gasteiger partial charge in [0.1, 0.15) is 0 Å². The van der Waals surface area contributed by atoms with E-state index in [4.69, 9.17) is 0 Å². The average molecular weight is 258 g/mol. The van der Waals surface area contributed by atoms with Crippen LogP contribution in [0.3, 0.4) is 0 Å². The summed E-state index contributed by atoms with van der Waals surface area (Å²) in [5, 5.41) is 3.95. The fourth-order valence-electron chi connectivity index (χ4n) is 3.26. The molecule has 1 aliphatic heterocycles. The first kappa shape index (κ1) is 13.1. The Morgan fingerprint density at radius 1 is 1.11 bits per heavy atom. The molecule has 1 heterocycles. The molecule has 1 aliphatic carbocycles. The van der Waals surface area contributed by atoms with Gasteiger partial charge in [-0.25, -0.2) is 0 Å². The molecule has 1 N–H and O–H groups in total. The minimum atomic E-state index is 0.597. The summed E-state index contributed by atoms with van der Waals surface area (Å²) in [7, 11) is 0. The van der Waals surface area contributed by atoms with Gasteiger partial charge in [-0.05, 0) is 56.8 Å². The van der Waals surface area contributed by atoms with Gasteiger partial charge >= 0.3 is 0 Å². The van der Waals surface area contributed by atoms with Crippen LogP contribution in [0.2, 0.25) is 0 Å². The minimum Gasteiger partial charge on any atom is -0.307 e. The quantitative estimate of drug-likeness (QED) is 0.872. The molecule has 1 saturated carbocycles. The van der Waals surface area contributed by atoms with E-state index in [0.717, 1.165) is 5.92 Å². The van der Waals surface area contributed by atoms with Crippen molar-refractivity contribution in [3.63, 3.8) is 0 Å². The third kappa shape index (κ3) is 3.37. The van der Waals surface area contributed by atoms with Crippen molar-refractivity contribution in [2.45, 2.75) is 44.7 Å². The van der Waals surface area contributed by atoms with Gasteiger partial charge in [-0.1, -0.05) is 37.3 Å². The van der Waals surface area contributed by atoms with E-state index >= 15 is 0 Å². The number of piperidine rings is 1. The van der Waals surface area contributed by atoms with E-state index in [1.807, 2.05) is 0 Å². The van der Waals surface area contributed by atoms with Crippen molar-refractivity contribution in [3.8, 4) is 0 Å². The van der Waals surface area contributed by atoms with E-state index in [0.29, 0.717) is 12.1 Å². The van der Waals surface area contributed by atoms with Crippen LogP contribution >= 0.6 is 0 Å². The molecular formula is C17H26N2. The third-order valence-corrected chi connectivity index (χ3v) is 4.70. The van der Waals surface area contributed by atoms with E-state index in [2.05, 4.69) is 47.5 Å². The maximum absolute atomic E-state index is 3.95. The highest BCUT2D eigenvalue weighted by Gasteiger charge is 2.34. The highest BCUT2D eigenvalue weighted by molar-refractivity contribution is 5.21. The highest BCUT2D eigenvalue weighted by Crippen LogP contribution is 2.41. The minimum absolute atomic E-state index is 0.597. The Bertz CT molecular complexity index is 378. The molecule has 0 amide bonds. The summed E-state index contributed by atoms with van der Waals surface area (Å²) in [4.78, 5) is 2.56. The van der Waals surface area contributed by atoms with Crippen molar-refractivity contribution in [3.05, 3.63) is 35.9 Å². The normalized spacial score (nSPS) is 23.4. The van der Waals surface area contributed by atoms with Crippen LogP contribution < -0.4 is 5.32 Å². The monoisotopic (exact) mass is 258 g/mol. The molecule has 2 fully saturated rings. The number of nitrogens with one attached hydrogen (secondary N) is 1. The van der Waals surface area contributed by atoms with Crippen LogP contribution in [0.5, 0.6) is 0 Å². The zero-order chi connectivity index (χ0) is 13.1. The first-order chi connectivity index (χ1) is 9.36. The maximum atomic E-state index is 3.95. The summed E-state index contributed by atoms with van der Waals surface area (Å²) in [6.45, 7) is 6.00. The Balaban J connectivity index is 1.60. The third-order valence-electron chi connectivity index (χ3n) is 4.70. The van der Waals surface area contributed by atoms with E-state index in [1.54, 1.807) is 0 Å². The second-order valence-electron chi connectivity index (χ2n) is 6.10. The Hall–Kier alpha value is -0.860. The number of hydrogen-bond acceptors (Lipinski definition) is 2. The Labute approximate surface area is 117 Å². The molecule has 0 aromatic heterocycles.